The van der Waals surface area contributed by atoms with Crippen LogP contribution < -0.4 is 10.2 Å². The molecular formula is C21H26N4O4. The lowest BCUT2D eigenvalue weighted by Crippen LogP contribution is -2.39. The second kappa shape index (κ2) is 7.42. The Morgan fingerprint density at radius 3 is 2.59 bits per heavy atom. The summed E-state index contributed by atoms with van der Waals surface area (Å²) in [6.45, 7) is 3.27. The molecule has 0 aliphatic carbocycles. The van der Waals surface area contributed by atoms with Gasteiger partial charge in [0.1, 0.15) is 0 Å². The van der Waals surface area contributed by atoms with E-state index in [1.54, 1.807) is 0 Å². The Morgan fingerprint density at radius 1 is 1.10 bits per heavy atom. The Bertz CT molecular complexity index is 942. The van der Waals surface area contributed by atoms with Gasteiger partial charge in [-0.05, 0) is 25.3 Å². The van der Waals surface area contributed by atoms with Crippen LogP contribution in [0.5, 0.6) is 0 Å². The number of imide groups is 1. The zero-order chi connectivity index (χ0) is 20.0. The van der Waals surface area contributed by atoms with Crippen LogP contribution in [0, 0.1) is 5.92 Å². The number of ether oxygens (including phenoxy) is 2. The van der Waals surface area contributed by atoms with Crippen molar-refractivity contribution in [3.63, 3.8) is 0 Å². The van der Waals surface area contributed by atoms with Crippen molar-refractivity contribution < 1.29 is 19.1 Å². The lowest BCUT2D eigenvalue weighted by atomic mass is 9.92. The maximum Gasteiger partial charge on any atom is 0.235 e. The van der Waals surface area contributed by atoms with E-state index in [0.717, 1.165) is 48.2 Å². The second-order valence-electron chi connectivity index (χ2n) is 8.12. The number of benzene rings is 1. The van der Waals surface area contributed by atoms with Crippen molar-refractivity contribution in [1.82, 2.24) is 15.1 Å². The molecular weight excluding hydrogens is 372 g/mol. The van der Waals surface area contributed by atoms with E-state index in [4.69, 9.17) is 14.6 Å². The molecule has 0 radical (unpaired) electrons. The SMILES string of the molecule is Cn1nc(C2CCC(=O)NC2=O)c2cccc(N3CCC(C4OCCO4)CC3)c21. The molecule has 8 heteroatoms. The van der Waals surface area contributed by atoms with Crippen LogP contribution in [0.1, 0.15) is 37.3 Å². The first-order valence-electron chi connectivity index (χ1n) is 10.4. The summed E-state index contributed by atoms with van der Waals surface area (Å²) in [6.07, 6.45) is 2.86. The summed E-state index contributed by atoms with van der Waals surface area (Å²) in [5, 5.41) is 8.14. The standard InChI is InChI=1S/C21H26N4O4/c1-24-19-14(18(23-24)15-5-6-17(26)22-20(15)27)3-2-4-16(19)25-9-7-13(8-10-25)21-28-11-12-29-21/h2-4,13,15,21H,5-12H2,1H3,(H,22,26,27). The molecule has 2 aromatic rings. The Hall–Kier alpha value is -2.45. The van der Waals surface area contributed by atoms with Crippen molar-refractivity contribution in [3.8, 4) is 0 Å². The Kier molecular flexibility index (Phi) is 4.75. The van der Waals surface area contributed by atoms with Crippen molar-refractivity contribution in [2.24, 2.45) is 13.0 Å². The van der Waals surface area contributed by atoms with E-state index >= 15 is 0 Å². The van der Waals surface area contributed by atoms with Crippen LogP contribution in [0.4, 0.5) is 5.69 Å². The molecule has 1 unspecified atom stereocenters. The first-order valence-corrected chi connectivity index (χ1v) is 10.4. The van der Waals surface area contributed by atoms with Crippen LogP contribution in [0.25, 0.3) is 10.9 Å². The highest BCUT2D eigenvalue weighted by atomic mass is 16.7. The zero-order valence-electron chi connectivity index (χ0n) is 16.6. The highest BCUT2D eigenvalue weighted by Gasteiger charge is 2.34. The molecule has 1 aromatic heterocycles. The number of aromatic nitrogens is 2. The van der Waals surface area contributed by atoms with E-state index in [-0.39, 0.29) is 24.0 Å². The van der Waals surface area contributed by atoms with Crippen LogP contribution in [0.15, 0.2) is 18.2 Å². The molecule has 3 saturated heterocycles. The van der Waals surface area contributed by atoms with Gasteiger partial charge in [-0.3, -0.25) is 19.6 Å². The van der Waals surface area contributed by atoms with E-state index in [1.165, 1.54) is 0 Å². The minimum absolute atomic E-state index is 0.0521. The molecule has 3 aliphatic heterocycles. The van der Waals surface area contributed by atoms with Crippen LogP contribution in [0.2, 0.25) is 0 Å². The molecule has 5 rings (SSSR count). The molecule has 1 aromatic carbocycles. The molecule has 2 amide bonds. The third-order valence-corrected chi connectivity index (χ3v) is 6.35. The third-order valence-electron chi connectivity index (χ3n) is 6.35. The molecule has 1 N–H and O–H groups in total. The topological polar surface area (TPSA) is 85.7 Å². The summed E-state index contributed by atoms with van der Waals surface area (Å²) in [5.41, 5.74) is 2.94. The molecule has 3 fully saturated rings. The highest BCUT2D eigenvalue weighted by molar-refractivity contribution is 6.03. The normalized spacial score (nSPS) is 24.4. The zero-order valence-corrected chi connectivity index (χ0v) is 16.6. The fourth-order valence-corrected chi connectivity index (χ4v) is 4.87. The molecule has 4 heterocycles. The van der Waals surface area contributed by atoms with E-state index in [1.807, 2.05) is 23.9 Å². The smallest absolute Gasteiger partial charge is 0.235 e. The molecule has 8 nitrogen and oxygen atoms in total. The summed E-state index contributed by atoms with van der Waals surface area (Å²) in [5.74, 6) is -0.387. The highest BCUT2D eigenvalue weighted by Crippen LogP contribution is 2.36. The molecule has 0 saturated carbocycles. The summed E-state index contributed by atoms with van der Waals surface area (Å²) >= 11 is 0. The minimum Gasteiger partial charge on any atom is -0.370 e. The maximum absolute atomic E-state index is 12.4. The quantitative estimate of drug-likeness (QED) is 0.792. The summed E-state index contributed by atoms with van der Waals surface area (Å²) in [7, 11) is 1.92. The molecule has 0 bridgehead atoms. The monoisotopic (exact) mass is 398 g/mol. The fraction of sp³-hybridized carbons (Fsp3) is 0.571. The first-order chi connectivity index (χ1) is 14.1. The largest absolute Gasteiger partial charge is 0.370 e. The van der Waals surface area contributed by atoms with Gasteiger partial charge in [0.2, 0.25) is 11.8 Å². The molecule has 1 atom stereocenters. The number of hydrogen-bond acceptors (Lipinski definition) is 6. The van der Waals surface area contributed by atoms with Crippen LogP contribution in [-0.4, -0.2) is 54.2 Å². The number of hydrogen-bond donors (Lipinski definition) is 1. The Labute approximate surface area is 169 Å². The molecule has 29 heavy (non-hydrogen) atoms. The van der Waals surface area contributed by atoms with Crippen molar-refractivity contribution in [1.29, 1.82) is 0 Å². The number of nitrogens with one attached hydrogen (secondary N) is 1. The van der Waals surface area contributed by atoms with Crippen molar-refractivity contribution in [3.05, 3.63) is 23.9 Å². The third kappa shape index (κ3) is 3.30. The lowest BCUT2D eigenvalue weighted by molar-refractivity contribution is -0.134. The van der Waals surface area contributed by atoms with Gasteiger partial charge in [0.25, 0.3) is 0 Å². The number of anilines is 1. The van der Waals surface area contributed by atoms with Gasteiger partial charge in [-0.1, -0.05) is 12.1 Å². The number of carbonyl (C=O) groups is 2. The first kappa shape index (κ1) is 18.6. The second-order valence-corrected chi connectivity index (χ2v) is 8.12. The van der Waals surface area contributed by atoms with E-state index in [9.17, 15) is 9.59 Å². The number of carbonyl (C=O) groups excluding carboxylic acids is 2. The number of aryl methyl sites for hydroxylation is 1. The number of para-hydroxylation sites is 1. The average Bonchev–Trinajstić information content (AvgIpc) is 3.37. The number of amides is 2. The van der Waals surface area contributed by atoms with Gasteiger partial charge in [-0.25, -0.2) is 0 Å². The summed E-state index contributed by atoms with van der Waals surface area (Å²) < 4.78 is 13.3. The predicted octanol–water partition coefficient (Wildman–Crippen LogP) is 1.68. The summed E-state index contributed by atoms with van der Waals surface area (Å²) in [6, 6.07) is 6.18. The van der Waals surface area contributed by atoms with Gasteiger partial charge >= 0.3 is 0 Å². The summed E-state index contributed by atoms with van der Waals surface area (Å²) in [4.78, 5) is 26.3. The molecule has 0 spiro atoms. The van der Waals surface area contributed by atoms with Gasteiger partial charge in [0, 0.05) is 37.9 Å². The number of nitrogens with zero attached hydrogens (tertiary/aromatic N) is 3. The fourth-order valence-electron chi connectivity index (χ4n) is 4.87. The van der Waals surface area contributed by atoms with Crippen LogP contribution >= 0.6 is 0 Å². The number of piperidine rings is 2. The van der Waals surface area contributed by atoms with Crippen molar-refractivity contribution >= 4 is 28.4 Å². The lowest BCUT2D eigenvalue weighted by Gasteiger charge is -2.35. The minimum atomic E-state index is -0.381. The van der Waals surface area contributed by atoms with E-state index < -0.39 is 0 Å². The van der Waals surface area contributed by atoms with Gasteiger partial charge in [-0.15, -0.1) is 0 Å². The van der Waals surface area contributed by atoms with Gasteiger partial charge < -0.3 is 14.4 Å². The van der Waals surface area contributed by atoms with Crippen molar-refractivity contribution in [2.75, 3.05) is 31.2 Å². The molecule has 3 aliphatic rings. The number of rotatable bonds is 3. The average molecular weight is 398 g/mol. The van der Waals surface area contributed by atoms with Crippen molar-refractivity contribution in [2.45, 2.75) is 37.9 Å². The van der Waals surface area contributed by atoms with Gasteiger partial charge in [-0.2, -0.15) is 5.10 Å². The van der Waals surface area contributed by atoms with Gasteiger partial charge in [0.05, 0.1) is 36.0 Å². The molecule has 154 valence electrons. The maximum atomic E-state index is 12.4. The Morgan fingerprint density at radius 2 is 1.86 bits per heavy atom. The van der Waals surface area contributed by atoms with Crippen LogP contribution in [0.3, 0.4) is 0 Å². The van der Waals surface area contributed by atoms with Crippen LogP contribution in [-0.2, 0) is 26.1 Å². The van der Waals surface area contributed by atoms with Gasteiger partial charge in [0.15, 0.2) is 6.29 Å². The predicted molar refractivity (Wildman–Crippen MR) is 106 cm³/mol. The number of fused-ring (bicyclic) bond motifs is 1. The van der Waals surface area contributed by atoms with E-state index in [2.05, 4.69) is 16.3 Å². The van der Waals surface area contributed by atoms with E-state index in [0.29, 0.717) is 32.0 Å². The Balaban J connectivity index is 1.42.